The highest BCUT2D eigenvalue weighted by Gasteiger charge is 2.05. The molecule has 0 aliphatic carbocycles. The highest BCUT2D eigenvalue weighted by atomic mass is 15.1. The van der Waals surface area contributed by atoms with Gasteiger partial charge in [0.05, 0.1) is 0 Å². The molecule has 3 rings (SSSR count). The summed E-state index contributed by atoms with van der Waals surface area (Å²) in [5.74, 6) is 2.35. The summed E-state index contributed by atoms with van der Waals surface area (Å²) in [5.41, 5.74) is 4.78. The van der Waals surface area contributed by atoms with Crippen LogP contribution in [0.15, 0.2) is 54.6 Å². The summed E-state index contributed by atoms with van der Waals surface area (Å²) in [4.78, 5) is 8.96. The summed E-state index contributed by atoms with van der Waals surface area (Å²) in [6, 6.07) is 18.5. The number of nitrogens with zero attached hydrogens (tertiary/aromatic N) is 2. The molecule has 3 aromatic rings. The normalized spacial score (nSPS) is 10.5. The lowest BCUT2D eigenvalue weighted by Crippen LogP contribution is -2.06. The van der Waals surface area contributed by atoms with Gasteiger partial charge in [0.2, 0.25) is 0 Å². The number of para-hydroxylation sites is 1. The van der Waals surface area contributed by atoms with Crippen molar-refractivity contribution in [2.45, 2.75) is 27.3 Å². The standard InChI is InChI=1S/C20H22N4/c1-14-8-4-6-10-17(14)13-21-19-12-20(23-16(3)22-19)24-18-11-7-5-9-15(18)2/h4-12H,13H2,1-3H3,(H2,21,22,23,24). The SMILES string of the molecule is Cc1nc(NCc2ccccc2C)cc(Nc2ccccc2C)n1. The van der Waals surface area contributed by atoms with Crippen LogP contribution in [0.2, 0.25) is 0 Å². The second kappa shape index (κ2) is 7.13. The minimum Gasteiger partial charge on any atom is -0.366 e. The van der Waals surface area contributed by atoms with Crippen molar-refractivity contribution in [3.8, 4) is 0 Å². The number of rotatable bonds is 5. The van der Waals surface area contributed by atoms with Crippen molar-refractivity contribution in [1.82, 2.24) is 9.97 Å². The molecule has 0 spiro atoms. The first-order valence-electron chi connectivity index (χ1n) is 8.08. The fraction of sp³-hybridized carbons (Fsp3) is 0.200. The molecule has 2 aromatic carbocycles. The molecule has 4 nitrogen and oxygen atoms in total. The van der Waals surface area contributed by atoms with Crippen molar-refractivity contribution in [2.24, 2.45) is 0 Å². The summed E-state index contributed by atoms with van der Waals surface area (Å²) in [6.45, 7) is 6.84. The molecule has 0 aliphatic rings. The predicted octanol–water partition coefficient (Wildman–Crippen LogP) is 4.76. The Labute approximate surface area is 143 Å². The molecule has 0 radical (unpaired) electrons. The lowest BCUT2D eigenvalue weighted by molar-refractivity contribution is 1.02. The van der Waals surface area contributed by atoms with E-state index in [0.717, 1.165) is 29.7 Å². The van der Waals surface area contributed by atoms with Crippen LogP contribution in [0.5, 0.6) is 0 Å². The Kier molecular flexibility index (Phi) is 4.75. The monoisotopic (exact) mass is 318 g/mol. The van der Waals surface area contributed by atoms with Gasteiger partial charge in [-0.15, -0.1) is 0 Å². The zero-order valence-corrected chi connectivity index (χ0v) is 14.3. The van der Waals surface area contributed by atoms with Crippen LogP contribution >= 0.6 is 0 Å². The molecule has 0 atom stereocenters. The van der Waals surface area contributed by atoms with E-state index in [-0.39, 0.29) is 0 Å². The first kappa shape index (κ1) is 16.0. The van der Waals surface area contributed by atoms with Crippen LogP contribution in [-0.2, 0) is 6.54 Å². The zero-order valence-electron chi connectivity index (χ0n) is 14.3. The predicted molar refractivity (Wildman–Crippen MR) is 99.7 cm³/mol. The second-order valence-corrected chi connectivity index (χ2v) is 5.91. The molecule has 0 saturated heterocycles. The van der Waals surface area contributed by atoms with E-state index >= 15 is 0 Å². The van der Waals surface area contributed by atoms with Crippen LogP contribution in [-0.4, -0.2) is 9.97 Å². The number of aryl methyl sites for hydroxylation is 3. The summed E-state index contributed by atoms with van der Waals surface area (Å²) < 4.78 is 0. The van der Waals surface area contributed by atoms with Crippen LogP contribution in [0.1, 0.15) is 22.5 Å². The number of benzene rings is 2. The van der Waals surface area contributed by atoms with Gasteiger partial charge in [0.15, 0.2) is 0 Å². The fourth-order valence-corrected chi connectivity index (χ4v) is 2.57. The molecule has 0 saturated carbocycles. The highest BCUT2D eigenvalue weighted by Crippen LogP contribution is 2.21. The number of hydrogen-bond acceptors (Lipinski definition) is 4. The van der Waals surface area contributed by atoms with Crippen LogP contribution in [0, 0.1) is 20.8 Å². The molecule has 4 heteroatoms. The molecule has 0 fully saturated rings. The van der Waals surface area contributed by atoms with E-state index in [0.29, 0.717) is 0 Å². The minimum atomic E-state index is 0.737. The van der Waals surface area contributed by atoms with Crippen LogP contribution in [0.3, 0.4) is 0 Å². The first-order valence-corrected chi connectivity index (χ1v) is 8.08. The average molecular weight is 318 g/mol. The van der Waals surface area contributed by atoms with Crippen molar-refractivity contribution in [3.05, 3.63) is 77.1 Å². The summed E-state index contributed by atoms with van der Waals surface area (Å²) in [6.07, 6.45) is 0. The molecule has 1 aromatic heterocycles. The van der Waals surface area contributed by atoms with Gasteiger partial charge < -0.3 is 10.6 Å². The third kappa shape index (κ3) is 3.90. The molecule has 24 heavy (non-hydrogen) atoms. The van der Waals surface area contributed by atoms with Gasteiger partial charge in [0, 0.05) is 18.3 Å². The Morgan fingerprint density at radius 3 is 2.21 bits per heavy atom. The molecule has 122 valence electrons. The number of aromatic nitrogens is 2. The minimum absolute atomic E-state index is 0.737. The Bertz CT molecular complexity index is 843. The summed E-state index contributed by atoms with van der Waals surface area (Å²) >= 11 is 0. The molecular weight excluding hydrogens is 296 g/mol. The quantitative estimate of drug-likeness (QED) is 0.712. The third-order valence-corrected chi connectivity index (χ3v) is 3.97. The maximum atomic E-state index is 4.48. The van der Waals surface area contributed by atoms with E-state index in [1.165, 1.54) is 16.7 Å². The van der Waals surface area contributed by atoms with Gasteiger partial charge in [-0.3, -0.25) is 0 Å². The van der Waals surface area contributed by atoms with Gasteiger partial charge in [-0.05, 0) is 43.5 Å². The summed E-state index contributed by atoms with van der Waals surface area (Å²) in [7, 11) is 0. The maximum absolute atomic E-state index is 4.48. The lowest BCUT2D eigenvalue weighted by Gasteiger charge is -2.12. The second-order valence-electron chi connectivity index (χ2n) is 5.91. The van der Waals surface area contributed by atoms with Crippen LogP contribution in [0.4, 0.5) is 17.3 Å². The Morgan fingerprint density at radius 1 is 0.792 bits per heavy atom. The zero-order chi connectivity index (χ0) is 16.9. The Balaban J connectivity index is 1.77. The smallest absolute Gasteiger partial charge is 0.136 e. The van der Waals surface area contributed by atoms with E-state index in [1.807, 2.05) is 31.2 Å². The Morgan fingerprint density at radius 2 is 1.46 bits per heavy atom. The van der Waals surface area contributed by atoms with E-state index in [1.54, 1.807) is 0 Å². The fourth-order valence-electron chi connectivity index (χ4n) is 2.57. The van der Waals surface area contributed by atoms with Crippen molar-refractivity contribution < 1.29 is 0 Å². The van der Waals surface area contributed by atoms with Crippen molar-refractivity contribution >= 4 is 17.3 Å². The Hall–Kier alpha value is -2.88. The lowest BCUT2D eigenvalue weighted by atomic mass is 10.1. The van der Waals surface area contributed by atoms with Gasteiger partial charge >= 0.3 is 0 Å². The van der Waals surface area contributed by atoms with Gasteiger partial charge in [-0.25, -0.2) is 9.97 Å². The van der Waals surface area contributed by atoms with Crippen LogP contribution in [0.25, 0.3) is 0 Å². The van der Waals surface area contributed by atoms with Gasteiger partial charge in [-0.2, -0.15) is 0 Å². The van der Waals surface area contributed by atoms with E-state index in [4.69, 9.17) is 0 Å². The summed E-state index contributed by atoms with van der Waals surface area (Å²) in [5, 5.41) is 6.76. The maximum Gasteiger partial charge on any atom is 0.136 e. The van der Waals surface area contributed by atoms with E-state index in [2.05, 4.69) is 64.8 Å². The van der Waals surface area contributed by atoms with Gasteiger partial charge in [0.1, 0.15) is 17.5 Å². The molecule has 1 heterocycles. The molecule has 0 unspecified atom stereocenters. The number of anilines is 3. The highest BCUT2D eigenvalue weighted by molar-refractivity contribution is 5.62. The molecule has 0 bridgehead atoms. The first-order chi connectivity index (χ1) is 11.6. The topological polar surface area (TPSA) is 49.8 Å². The largest absolute Gasteiger partial charge is 0.366 e. The molecule has 0 aliphatic heterocycles. The number of hydrogen-bond donors (Lipinski definition) is 2. The van der Waals surface area contributed by atoms with Crippen molar-refractivity contribution in [2.75, 3.05) is 10.6 Å². The van der Waals surface area contributed by atoms with Gasteiger partial charge in [-0.1, -0.05) is 42.5 Å². The van der Waals surface area contributed by atoms with Crippen molar-refractivity contribution in [1.29, 1.82) is 0 Å². The molecular formula is C20H22N4. The van der Waals surface area contributed by atoms with Gasteiger partial charge in [0.25, 0.3) is 0 Å². The average Bonchev–Trinajstić information content (AvgIpc) is 2.56. The van der Waals surface area contributed by atoms with Crippen LogP contribution < -0.4 is 10.6 Å². The third-order valence-electron chi connectivity index (χ3n) is 3.97. The number of nitrogens with one attached hydrogen (secondary N) is 2. The van der Waals surface area contributed by atoms with E-state index in [9.17, 15) is 0 Å². The molecule has 0 amide bonds. The molecule has 2 N–H and O–H groups in total. The van der Waals surface area contributed by atoms with Crippen molar-refractivity contribution in [3.63, 3.8) is 0 Å². The van der Waals surface area contributed by atoms with E-state index < -0.39 is 0 Å².